The highest BCUT2D eigenvalue weighted by Gasteiger charge is 2.12. The number of carbonyl (C=O) groups is 1. The van der Waals surface area contributed by atoms with Crippen LogP contribution in [0.2, 0.25) is 0 Å². The standard InChI is InChI=1S/C15H13BrN4O/c1-2-19-14-9-18-6-5-11(14)15(21)20-13-4-3-10(8-17)7-12(13)16/h3-7,9,19H,2H2,1H3,(H,20,21). The van der Waals surface area contributed by atoms with Crippen molar-refractivity contribution in [3.63, 3.8) is 0 Å². The minimum atomic E-state index is -0.237. The molecule has 21 heavy (non-hydrogen) atoms. The summed E-state index contributed by atoms with van der Waals surface area (Å²) in [6.45, 7) is 2.65. The van der Waals surface area contributed by atoms with E-state index in [1.54, 1.807) is 36.7 Å². The molecule has 1 aromatic carbocycles. The van der Waals surface area contributed by atoms with Crippen LogP contribution in [0.1, 0.15) is 22.8 Å². The number of nitriles is 1. The van der Waals surface area contributed by atoms with Crippen LogP contribution in [-0.4, -0.2) is 17.4 Å². The fourth-order valence-electron chi connectivity index (χ4n) is 1.80. The second-order valence-corrected chi connectivity index (χ2v) is 5.07. The van der Waals surface area contributed by atoms with Crippen molar-refractivity contribution >= 4 is 33.2 Å². The lowest BCUT2D eigenvalue weighted by Crippen LogP contribution is -2.15. The summed E-state index contributed by atoms with van der Waals surface area (Å²) < 4.78 is 0.661. The average molecular weight is 345 g/mol. The van der Waals surface area contributed by atoms with Crippen LogP contribution in [-0.2, 0) is 0 Å². The molecule has 2 rings (SSSR count). The molecule has 106 valence electrons. The van der Waals surface area contributed by atoms with E-state index in [-0.39, 0.29) is 5.91 Å². The smallest absolute Gasteiger partial charge is 0.257 e. The van der Waals surface area contributed by atoms with Gasteiger partial charge in [-0.3, -0.25) is 9.78 Å². The van der Waals surface area contributed by atoms with Crippen molar-refractivity contribution in [2.24, 2.45) is 0 Å². The van der Waals surface area contributed by atoms with Gasteiger partial charge in [0.25, 0.3) is 5.91 Å². The molecular weight excluding hydrogens is 332 g/mol. The lowest BCUT2D eigenvalue weighted by Gasteiger charge is -2.11. The zero-order chi connectivity index (χ0) is 15.2. The monoisotopic (exact) mass is 344 g/mol. The van der Waals surface area contributed by atoms with Crippen molar-refractivity contribution in [1.82, 2.24) is 4.98 Å². The molecule has 1 amide bonds. The summed E-state index contributed by atoms with van der Waals surface area (Å²) in [7, 11) is 0. The number of nitrogens with one attached hydrogen (secondary N) is 2. The molecule has 0 bridgehead atoms. The first-order chi connectivity index (χ1) is 10.2. The van der Waals surface area contributed by atoms with Gasteiger partial charge in [0, 0.05) is 17.2 Å². The summed E-state index contributed by atoms with van der Waals surface area (Å²) in [6, 6.07) is 8.70. The third kappa shape index (κ3) is 3.58. The van der Waals surface area contributed by atoms with Crippen LogP contribution in [0.5, 0.6) is 0 Å². The highest BCUT2D eigenvalue weighted by atomic mass is 79.9. The Morgan fingerprint density at radius 2 is 2.19 bits per heavy atom. The van der Waals surface area contributed by atoms with Crippen molar-refractivity contribution in [1.29, 1.82) is 5.26 Å². The molecule has 0 aliphatic carbocycles. The molecule has 0 saturated heterocycles. The molecule has 0 unspecified atom stereocenters. The van der Waals surface area contributed by atoms with Gasteiger partial charge in [-0.1, -0.05) is 0 Å². The Morgan fingerprint density at radius 1 is 1.38 bits per heavy atom. The Morgan fingerprint density at radius 3 is 2.86 bits per heavy atom. The largest absolute Gasteiger partial charge is 0.383 e. The number of aromatic nitrogens is 1. The Labute approximate surface area is 131 Å². The van der Waals surface area contributed by atoms with E-state index in [4.69, 9.17) is 5.26 Å². The number of benzene rings is 1. The zero-order valence-corrected chi connectivity index (χ0v) is 12.9. The molecular formula is C15H13BrN4O. The molecule has 6 heteroatoms. The van der Waals surface area contributed by atoms with E-state index in [9.17, 15) is 4.79 Å². The summed E-state index contributed by atoms with van der Waals surface area (Å²) in [6.07, 6.45) is 3.19. The Balaban J connectivity index is 2.24. The number of anilines is 2. The lowest BCUT2D eigenvalue weighted by atomic mass is 10.2. The SMILES string of the molecule is CCNc1cnccc1C(=O)Nc1ccc(C#N)cc1Br. The van der Waals surface area contributed by atoms with Crippen LogP contribution in [0.4, 0.5) is 11.4 Å². The van der Waals surface area contributed by atoms with Crippen molar-refractivity contribution in [3.05, 3.63) is 52.3 Å². The van der Waals surface area contributed by atoms with Gasteiger partial charge in [-0.15, -0.1) is 0 Å². The normalized spacial score (nSPS) is 9.76. The second-order valence-electron chi connectivity index (χ2n) is 4.21. The fourth-order valence-corrected chi connectivity index (χ4v) is 2.28. The van der Waals surface area contributed by atoms with E-state index in [2.05, 4.69) is 31.5 Å². The minimum Gasteiger partial charge on any atom is -0.383 e. The van der Waals surface area contributed by atoms with Crippen molar-refractivity contribution in [2.75, 3.05) is 17.2 Å². The molecule has 0 saturated carbocycles. The molecule has 0 spiro atoms. The number of halogens is 1. The Hall–Kier alpha value is -2.39. The summed E-state index contributed by atoms with van der Waals surface area (Å²) in [5.74, 6) is -0.237. The maximum absolute atomic E-state index is 12.4. The van der Waals surface area contributed by atoms with Gasteiger partial charge in [0.05, 0.1) is 34.8 Å². The van der Waals surface area contributed by atoms with Crippen molar-refractivity contribution in [3.8, 4) is 6.07 Å². The van der Waals surface area contributed by atoms with Gasteiger partial charge in [0.2, 0.25) is 0 Å². The highest BCUT2D eigenvalue weighted by Crippen LogP contribution is 2.25. The van der Waals surface area contributed by atoms with Crippen LogP contribution in [0.25, 0.3) is 0 Å². The number of hydrogen-bond donors (Lipinski definition) is 2. The number of amides is 1. The Kier molecular flexibility index (Phi) is 4.90. The van der Waals surface area contributed by atoms with E-state index >= 15 is 0 Å². The predicted octanol–water partition coefficient (Wildman–Crippen LogP) is 3.40. The maximum atomic E-state index is 12.4. The van der Waals surface area contributed by atoms with E-state index in [1.165, 1.54) is 0 Å². The van der Waals surface area contributed by atoms with Gasteiger partial charge in [-0.25, -0.2) is 0 Å². The molecule has 2 N–H and O–H groups in total. The summed E-state index contributed by atoms with van der Waals surface area (Å²) in [4.78, 5) is 16.4. The van der Waals surface area contributed by atoms with Crippen molar-refractivity contribution in [2.45, 2.75) is 6.92 Å². The van der Waals surface area contributed by atoms with E-state index in [0.29, 0.717) is 33.5 Å². The van der Waals surface area contributed by atoms with Crippen LogP contribution < -0.4 is 10.6 Å². The van der Waals surface area contributed by atoms with Gasteiger partial charge in [0.1, 0.15) is 0 Å². The first-order valence-electron chi connectivity index (χ1n) is 6.34. The molecule has 0 fully saturated rings. The summed E-state index contributed by atoms with van der Waals surface area (Å²) in [5, 5.41) is 14.7. The Bertz CT molecular complexity index is 709. The molecule has 5 nitrogen and oxygen atoms in total. The number of pyridine rings is 1. The predicted molar refractivity (Wildman–Crippen MR) is 85.2 cm³/mol. The van der Waals surface area contributed by atoms with E-state index in [0.717, 1.165) is 0 Å². The number of nitrogens with zero attached hydrogens (tertiary/aromatic N) is 2. The quantitative estimate of drug-likeness (QED) is 0.890. The van der Waals surface area contributed by atoms with E-state index in [1.807, 2.05) is 13.0 Å². The second kappa shape index (κ2) is 6.86. The first-order valence-corrected chi connectivity index (χ1v) is 7.14. The van der Waals surface area contributed by atoms with Crippen LogP contribution in [0.15, 0.2) is 41.1 Å². The molecule has 0 aliphatic heterocycles. The fraction of sp³-hybridized carbons (Fsp3) is 0.133. The average Bonchev–Trinajstić information content (AvgIpc) is 2.50. The topological polar surface area (TPSA) is 77.8 Å². The van der Waals surface area contributed by atoms with Crippen LogP contribution in [0, 0.1) is 11.3 Å². The number of rotatable bonds is 4. The van der Waals surface area contributed by atoms with Gasteiger partial charge < -0.3 is 10.6 Å². The molecule has 1 heterocycles. The van der Waals surface area contributed by atoms with Crippen LogP contribution >= 0.6 is 15.9 Å². The summed E-state index contributed by atoms with van der Waals surface area (Å²) >= 11 is 3.34. The van der Waals surface area contributed by atoms with Crippen molar-refractivity contribution < 1.29 is 4.79 Å². The minimum absolute atomic E-state index is 0.237. The summed E-state index contributed by atoms with van der Waals surface area (Å²) in [5.41, 5.74) is 2.33. The molecule has 0 atom stereocenters. The third-order valence-corrected chi connectivity index (χ3v) is 3.44. The lowest BCUT2D eigenvalue weighted by molar-refractivity contribution is 0.102. The number of hydrogen-bond acceptors (Lipinski definition) is 4. The van der Waals surface area contributed by atoms with Gasteiger partial charge >= 0.3 is 0 Å². The van der Waals surface area contributed by atoms with Crippen LogP contribution in [0.3, 0.4) is 0 Å². The molecule has 2 aromatic rings. The third-order valence-electron chi connectivity index (χ3n) is 2.78. The van der Waals surface area contributed by atoms with E-state index < -0.39 is 0 Å². The van der Waals surface area contributed by atoms with Gasteiger partial charge in [0.15, 0.2) is 0 Å². The molecule has 0 aliphatic rings. The van der Waals surface area contributed by atoms with Gasteiger partial charge in [-0.2, -0.15) is 5.26 Å². The van der Waals surface area contributed by atoms with Gasteiger partial charge in [-0.05, 0) is 47.1 Å². The zero-order valence-electron chi connectivity index (χ0n) is 11.4. The first kappa shape index (κ1) is 15.0. The molecule has 1 aromatic heterocycles. The number of carbonyl (C=O) groups excluding carboxylic acids is 1. The molecule has 0 radical (unpaired) electrons. The highest BCUT2D eigenvalue weighted by molar-refractivity contribution is 9.10. The maximum Gasteiger partial charge on any atom is 0.257 e.